The molecule has 0 amide bonds. The van der Waals surface area contributed by atoms with Crippen molar-refractivity contribution in [2.75, 3.05) is 33.2 Å². The zero-order valence-electron chi connectivity index (χ0n) is 15.9. The van der Waals surface area contributed by atoms with Gasteiger partial charge >= 0.3 is 0 Å². The molecule has 0 aromatic heterocycles. The van der Waals surface area contributed by atoms with E-state index in [4.69, 9.17) is 4.74 Å². The van der Waals surface area contributed by atoms with Crippen LogP contribution in [-0.2, 0) is 6.54 Å². The summed E-state index contributed by atoms with van der Waals surface area (Å²) in [5, 5.41) is 6.84. The molecule has 1 aliphatic carbocycles. The van der Waals surface area contributed by atoms with E-state index in [1.165, 1.54) is 57.2 Å². The maximum absolute atomic E-state index is 6.10. The van der Waals surface area contributed by atoms with Crippen molar-refractivity contribution in [3.05, 3.63) is 29.8 Å². The van der Waals surface area contributed by atoms with Gasteiger partial charge in [-0.2, -0.15) is 0 Å². The fourth-order valence-electron chi connectivity index (χ4n) is 3.35. The second-order valence-corrected chi connectivity index (χ2v) is 7.03. The van der Waals surface area contributed by atoms with E-state index in [2.05, 4.69) is 38.7 Å². The highest BCUT2D eigenvalue weighted by atomic mass is 127. The number of hydrogen-bond acceptors (Lipinski definition) is 3. The van der Waals surface area contributed by atoms with Gasteiger partial charge in [-0.1, -0.05) is 24.6 Å². The first-order valence-electron chi connectivity index (χ1n) is 9.76. The first kappa shape index (κ1) is 21.3. The third-order valence-corrected chi connectivity index (χ3v) is 5.16. The number of aliphatic imine (C=N–C) groups is 1. The Bertz CT molecular complexity index is 556. The normalized spacial score (nSPS) is 18.6. The minimum atomic E-state index is 0. The van der Waals surface area contributed by atoms with Crippen LogP contribution in [0.4, 0.5) is 0 Å². The average Bonchev–Trinajstić information content (AvgIpc) is 2.63. The lowest BCUT2D eigenvalue weighted by atomic mass is 9.96. The highest BCUT2D eigenvalue weighted by Crippen LogP contribution is 2.27. The van der Waals surface area contributed by atoms with Crippen LogP contribution < -0.4 is 15.4 Å². The number of rotatable bonds is 7. The Hall–Kier alpha value is -1.02. The number of likely N-dealkylation sites (tertiary alicyclic amines) is 1. The van der Waals surface area contributed by atoms with Crippen molar-refractivity contribution >= 4 is 29.9 Å². The molecule has 1 aromatic carbocycles. The predicted octanol–water partition coefficient (Wildman–Crippen LogP) is 3.39. The molecule has 5 nitrogen and oxygen atoms in total. The Morgan fingerprint density at radius 2 is 1.88 bits per heavy atom. The van der Waals surface area contributed by atoms with Gasteiger partial charge in [-0.05, 0) is 51.3 Å². The van der Waals surface area contributed by atoms with Gasteiger partial charge < -0.3 is 20.3 Å². The maximum atomic E-state index is 6.10. The molecule has 0 bridgehead atoms. The van der Waals surface area contributed by atoms with Gasteiger partial charge in [-0.25, -0.2) is 0 Å². The topological polar surface area (TPSA) is 48.9 Å². The van der Waals surface area contributed by atoms with Crippen LogP contribution in [0.3, 0.4) is 0 Å². The molecule has 1 aliphatic heterocycles. The second-order valence-electron chi connectivity index (χ2n) is 7.03. The van der Waals surface area contributed by atoms with Crippen LogP contribution in [0.2, 0.25) is 0 Å². The lowest BCUT2D eigenvalue weighted by Crippen LogP contribution is -2.42. The van der Waals surface area contributed by atoms with Crippen molar-refractivity contribution in [2.24, 2.45) is 4.99 Å². The molecule has 0 spiro atoms. The van der Waals surface area contributed by atoms with Gasteiger partial charge in [0.2, 0.25) is 0 Å². The van der Waals surface area contributed by atoms with Crippen LogP contribution in [0.25, 0.3) is 0 Å². The molecule has 2 aliphatic rings. The van der Waals surface area contributed by atoms with Crippen molar-refractivity contribution in [1.29, 1.82) is 0 Å². The Kier molecular flexibility index (Phi) is 9.53. The summed E-state index contributed by atoms with van der Waals surface area (Å²) in [5.41, 5.74) is 1.19. The molecule has 3 rings (SSSR count). The van der Waals surface area contributed by atoms with Gasteiger partial charge in [0.25, 0.3) is 0 Å². The van der Waals surface area contributed by atoms with Crippen LogP contribution in [0, 0.1) is 0 Å². The molecular weight excluding hydrogens is 439 g/mol. The monoisotopic (exact) mass is 472 g/mol. The van der Waals surface area contributed by atoms with Crippen molar-refractivity contribution in [2.45, 2.75) is 51.2 Å². The zero-order chi connectivity index (χ0) is 17.3. The molecule has 0 atom stereocenters. The first-order chi connectivity index (χ1) is 12.3. The molecule has 2 N–H and O–H groups in total. The summed E-state index contributed by atoms with van der Waals surface area (Å²) in [6, 6.07) is 8.31. The van der Waals surface area contributed by atoms with E-state index in [0.29, 0.717) is 6.10 Å². The van der Waals surface area contributed by atoms with Crippen LogP contribution in [0.15, 0.2) is 29.3 Å². The Labute approximate surface area is 175 Å². The third kappa shape index (κ3) is 6.61. The predicted molar refractivity (Wildman–Crippen MR) is 119 cm³/mol. The number of piperidine rings is 1. The van der Waals surface area contributed by atoms with E-state index in [-0.39, 0.29) is 24.0 Å². The lowest BCUT2D eigenvalue weighted by molar-refractivity contribution is 0.119. The number of hydrogen-bond donors (Lipinski definition) is 2. The number of guanidine groups is 1. The van der Waals surface area contributed by atoms with E-state index in [0.717, 1.165) is 31.3 Å². The van der Waals surface area contributed by atoms with Crippen molar-refractivity contribution in [3.8, 4) is 5.75 Å². The minimum absolute atomic E-state index is 0. The van der Waals surface area contributed by atoms with Gasteiger partial charge in [-0.15, -0.1) is 24.0 Å². The Balaban J connectivity index is 0.00000243. The number of para-hydroxylation sites is 1. The van der Waals surface area contributed by atoms with Crippen LogP contribution >= 0.6 is 24.0 Å². The number of nitrogens with one attached hydrogen (secondary N) is 2. The van der Waals surface area contributed by atoms with Crippen LogP contribution in [-0.4, -0.2) is 50.2 Å². The molecule has 1 aromatic rings. The summed E-state index contributed by atoms with van der Waals surface area (Å²) in [6.45, 7) is 5.22. The SMILES string of the molecule is CN=C(NCCN1CCCCC1)NCc1ccccc1OC1CCC1.I. The highest BCUT2D eigenvalue weighted by molar-refractivity contribution is 14.0. The van der Waals surface area contributed by atoms with Crippen LogP contribution in [0.1, 0.15) is 44.1 Å². The van der Waals surface area contributed by atoms with E-state index in [1.807, 2.05) is 13.1 Å². The van der Waals surface area contributed by atoms with Gasteiger partial charge in [0, 0.05) is 32.2 Å². The summed E-state index contributed by atoms with van der Waals surface area (Å²) in [4.78, 5) is 6.87. The molecule has 26 heavy (non-hydrogen) atoms. The van der Waals surface area contributed by atoms with E-state index in [1.54, 1.807) is 0 Å². The average molecular weight is 472 g/mol. The largest absolute Gasteiger partial charge is 0.490 e. The van der Waals surface area contributed by atoms with E-state index >= 15 is 0 Å². The highest BCUT2D eigenvalue weighted by Gasteiger charge is 2.20. The molecule has 0 radical (unpaired) electrons. The second kappa shape index (κ2) is 11.6. The molecule has 1 saturated heterocycles. The number of benzene rings is 1. The number of ether oxygens (including phenoxy) is 1. The van der Waals surface area contributed by atoms with Gasteiger partial charge in [0.1, 0.15) is 5.75 Å². The quantitative estimate of drug-likeness (QED) is 0.363. The lowest BCUT2D eigenvalue weighted by Gasteiger charge is -2.28. The molecular formula is C20H33IN4O. The summed E-state index contributed by atoms with van der Waals surface area (Å²) < 4.78 is 6.10. The molecule has 1 saturated carbocycles. The fraction of sp³-hybridized carbons (Fsp3) is 0.650. The third-order valence-electron chi connectivity index (χ3n) is 5.16. The molecule has 0 unspecified atom stereocenters. The summed E-state index contributed by atoms with van der Waals surface area (Å²) in [5.74, 6) is 1.86. The smallest absolute Gasteiger partial charge is 0.191 e. The van der Waals surface area contributed by atoms with Gasteiger partial charge in [-0.3, -0.25) is 4.99 Å². The molecule has 6 heteroatoms. The molecule has 2 fully saturated rings. The fourth-order valence-corrected chi connectivity index (χ4v) is 3.35. The first-order valence-corrected chi connectivity index (χ1v) is 9.76. The zero-order valence-corrected chi connectivity index (χ0v) is 18.2. The Morgan fingerprint density at radius 3 is 2.58 bits per heavy atom. The van der Waals surface area contributed by atoms with Crippen LogP contribution in [0.5, 0.6) is 5.75 Å². The standard InChI is InChI=1S/C20H32N4O.HI/c1-21-20(22-12-15-24-13-5-2-6-14-24)23-16-17-8-3-4-11-19(17)25-18-9-7-10-18;/h3-4,8,11,18H,2,5-7,9-10,12-16H2,1H3,(H2,21,22,23);1H. The number of halogens is 1. The minimum Gasteiger partial charge on any atom is -0.490 e. The van der Waals surface area contributed by atoms with Crippen molar-refractivity contribution in [1.82, 2.24) is 15.5 Å². The summed E-state index contributed by atoms with van der Waals surface area (Å²) in [6.07, 6.45) is 8.12. The van der Waals surface area contributed by atoms with Crippen molar-refractivity contribution < 1.29 is 4.74 Å². The van der Waals surface area contributed by atoms with Crippen molar-refractivity contribution in [3.63, 3.8) is 0 Å². The summed E-state index contributed by atoms with van der Waals surface area (Å²) >= 11 is 0. The van der Waals surface area contributed by atoms with Gasteiger partial charge in [0.05, 0.1) is 6.10 Å². The molecule has 1 heterocycles. The summed E-state index contributed by atoms with van der Waals surface area (Å²) in [7, 11) is 1.83. The van der Waals surface area contributed by atoms with E-state index in [9.17, 15) is 0 Å². The molecule has 146 valence electrons. The van der Waals surface area contributed by atoms with E-state index < -0.39 is 0 Å². The Morgan fingerprint density at radius 1 is 1.12 bits per heavy atom. The number of nitrogens with zero attached hydrogens (tertiary/aromatic N) is 2. The van der Waals surface area contributed by atoms with Gasteiger partial charge in [0.15, 0.2) is 5.96 Å². The maximum Gasteiger partial charge on any atom is 0.191 e.